The van der Waals surface area contributed by atoms with Crippen LogP contribution >= 0.6 is 0 Å². The van der Waals surface area contributed by atoms with Crippen molar-refractivity contribution >= 4 is 17.4 Å². The molecule has 0 unspecified atom stereocenters. The van der Waals surface area contributed by atoms with E-state index in [4.69, 9.17) is 5.73 Å². The molecular formula is C17H16N6O3. The van der Waals surface area contributed by atoms with Gasteiger partial charge in [-0.1, -0.05) is 30.3 Å². The fourth-order valence-corrected chi connectivity index (χ4v) is 2.57. The van der Waals surface area contributed by atoms with Crippen molar-refractivity contribution < 1.29 is 9.72 Å². The zero-order chi connectivity index (χ0) is 18.7. The van der Waals surface area contributed by atoms with Crippen LogP contribution in [0, 0.1) is 10.1 Å². The Morgan fingerprint density at radius 3 is 2.73 bits per heavy atom. The Morgan fingerprint density at radius 1 is 1.35 bits per heavy atom. The lowest BCUT2D eigenvalue weighted by molar-refractivity contribution is -0.385. The first-order valence-corrected chi connectivity index (χ1v) is 7.71. The van der Waals surface area contributed by atoms with Gasteiger partial charge < -0.3 is 11.1 Å². The molecule has 0 spiro atoms. The molecule has 9 nitrogen and oxygen atoms in total. The lowest BCUT2D eigenvalue weighted by Gasteiger charge is -2.09. The molecule has 0 saturated carbocycles. The standard InChI is InChI=1S/C17H16N6O3/c1-22-10-12(15(21-22)11-5-3-2-4-6-11)8-19-17-14(16(18)24)7-13(9-20-17)23(25)26/h2-7,9-10H,8H2,1H3,(H2,18,24)(H,19,20). The number of hydrogen-bond donors (Lipinski definition) is 2. The number of rotatable bonds is 6. The summed E-state index contributed by atoms with van der Waals surface area (Å²) < 4.78 is 1.69. The van der Waals surface area contributed by atoms with Crippen molar-refractivity contribution in [2.45, 2.75) is 6.54 Å². The normalized spacial score (nSPS) is 10.5. The van der Waals surface area contributed by atoms with Gasteiger partial charge in [0.25, 0.3) is 11.6 Å². The Morgan fingerprint density at radius 2 is 2.08 bits per heavy atom. The molecule has 3 rings (SSSR count). The van der Waals surface area contributed by atoms with E-state index in [1.54, 1.807) is 4.68 Å². The minimum absolute atomic E-state index is 0.0376. The molecule has 0 radical (unpaired) electrons. The number of carbonyl (C=O) groups excluding carboxylic acids is 1. The molecule has 26 heavy (non-hydrogen) atoms. The summed E-state index contributed by atoms with van der Waals surface area (Å²) >= 11 is 0. The van der Waals surface area contributed by atoms with Gasteiger partial charge in [0.15, 0.2) is 0 Å². The number of carbonyl (C=O) groups is 1. The highest BCUT2D eigenvalue weighted by Crippen LogP contribution is 2.24. The Kier molecular flexibility index (Phi) is 4.61. The zero-order valence-electron chi connectivity index (χ0n) is 13.9. The van der Waals surface area contributed by atoms with Gasteiger partial charge in [-0.05, 0) is 0 Å². The average molecular weight is 352 g/mol. The van der Waals surface area contributed by atoms with Gasteiger partial charge in [0.05, 0.1) is 16.2 Å². The van der Waals surface area contributed by atoms with Crippen molar-refractivity contribution in [1.29, 1.82) is 0 Å². The van der Waals surface area contributed by atoms with Crippen LogP contribution in [-0.2, 0) is 13.6 Å². The molecule has 132 valence electrons. The summed E-state index contributed by atoms with van der Waals surface area (Å²) in [6.45, 7) is 0.323. The molecule has 2 aromatic heterocycles. The molecule has 0 fully saturated rings. The Hall–Kier alpha value is -3.75. The summed E-state index contributed by atoms with van der Waals surface area (Å²) in [5.74, 6) is -0.607. The second-order valence-electron chi connectivity index (χ2n) is 5.61. The maximum Gasteiger partial charge on any atom is 0.288 e. The van der Waals surface area contributed by atoms with E-state index in [2.05, 4.69) is 15.4 Å². The summed E-state index contributed by atoms with van der Waals surface area (Å²) in [5, 5.41) is 18.3. The van der Waals surface area contributed by atoms with Crippen molar-refractivity contribution in [2.75, 3.05) is 5.32 Å². The molecule has 3 aromatic rings. The molecular weight excluding hydrogens is 336 g/mol. The number of aryl methyl sites for hydroxylation is 1. The Balaban J connectivity index is 1.88. The number of anilines is 1. The SMILES string of the molecule is Cn1cc(CNc2ncc([N+](=O)[O-])cc2C(N)=O)c(-c2ccccc2)n1. The number of primary amides is 1. The molecule has 0 aliphatic carbocycles. The van der Waals surface area contributed by atoms with Gasteiger partial charge >= 0.3 is 0 Å². The van der Waals surface area contributed by atoms with Crippen LogP contribution in [0.4, 0.5) is 11.5 Å². The number of pyridine rings is 1. The number of nitrogens with two attached hydrogens (primary N) is 1. The summed E-state index contributed by atoms with van der Waals surface area (Å²) in [4.78, 5) is 25.8. The van der Waals surface area contributed by atoms with Crippen LogP contribution in [0.3, 0.4) is 0 Å². The van der Waals surface area contributed by atoms with Crippen LogP contribution < -0.4 is 11.1 Å². The number of nitrogens with zero attached hydrogens (tertiary/aromatic N) is 4. The smallest absolute Gasteiger partial charge is 0.288 e. The summed E-state index contributed by atoms with van der Waals surface area (Å²) in [7, 11) is 1.81. The molecule has 0 aliphatic rings. The van der Waals surface area contributed by atoms with Crippen LogP contribution in [-0.4, -0.2) is 25.6 Å². The number of nitro groups is 1. The second kappa shape index (κ2) is 7.01. The molecule has 0 bridgehead atoms. The topological polar surface area (TPSA) is 129 Å². The van der Waals surface area contributed by atoms with Crippen LogP contribution in [0.1, 0.15) is 15.9 Å². The molecule has 3 N–H and O–H groups in total. The van der Waals surface area contributed by atoms with E-state index in [1.165, 1.54) is 0 Å². The minimum Gasteiger partial charge on any atom is -0.365 e. The van der Waals surface area contributed by atoms with E-state index in [1.807, 2.05) is 43.6 Å². The van der Waals surface area contributed by atoms with Gasteiger partial charge in [0.1, 0.15) is 12.0 Å². The third-order valence-corrected chi connectivity index (χ3v) is 3.75. The number of benzene rings is 1. The van der Waals surface area contributed by atoms with Gasteiger partial charge in [-0.2, -0.15) is 5.10 Å². The van der Waals surface area contributed by atoms with Crippen molar-refractivity contribution in [3.8, 4) is 11.3 Å². The molecule has 0 saturated heterocycles. The predicted molar refractivity (Wildman–Crippen MR) is 95.4 cm³/mol. The van der Waals surface area contributed by atoms with Crippen molar-refractivity contribution in [1.82, 2.24) is 14.8 Å². The van der Waals surface area contributed by atoms with E-state index in [-0.39, 0.29) is 17.1 Å². The highest BCUT2D eigenvalue weighted by atomic mass is 16.6. The first kappa shape index (κ1) is 17.1. The maximum absolute atomic E-state index is 11.6. The zero-order valence-corrected chi connectivity index (χ0v) is 13.9. The molecule has 9 heteroatoms. The highest BCUT2D eigenvalue weighted by Gasteiger charge is 2.17. The third-order valence-electron chi connectivity index (χ3n) is 3.75. The van der Waals surface area contributed by atoms with Crippen molar-refractivity contribution in [2.24, 2.45) is 12.8 Å². The highest BCUT2D eigenvalue weighted by molar-refractivity contribution is 5.98. The number of hydrogen-bond acceptors (Lipinski definition) is 6. The summed E-state index contributed by atoms with van der Waals surface area (Å²) in [6, 6.07) is 10.8. The monoisotopic (exact) mass is 352 g/mol. The van der Waals surface area contributed by atoms with E-state index in [0.29, 0.717) is 6.54 Å². The molecule has 1 aromatic carbocycles. The average Bonchev–Trinajstić information content (AvgIpc) is 3.01. The van der Waals surface area contributed by atoms with E-state index in [9.17, 15) is 14.9 Å². The van der Waals surface area contributed by atoms with E-state index >= 15 is 0 Å². The van der Waals surface area contributed by atoms with E-state index < -0.39 is 10.8 Å². The Labute approximate surface area is 148 Å². The van der Waals surface area contributed by atoms with E-state index in [0.717, 1.165) is 29.1 Å². The first-order chi connectivity index (χ1) is 12.5. The summed E-state index contributed by atoms with van der Waals surface area (Å²) in [5.41, 5.74) is 7.62. The minimum atomic E-state index is -0.793. The van der Waals surface area contributed by atoms with Gasteiger partial charge in [-0.25, -0.2) is 4.98 Å². The van der Waals surface area contributed by atoms with Crippen LogP contribution in [0.5, 0.6) is 0 Å². The third kappa shape index (κ3) is 3.51. The van der Waals surface area contributed by atoms with Gasteiger partial charge in [-0.3, -0.25) is 19.6 Å². The van der Waals surface area contributed by atoms with Gasteiger partial charge in [-0.15, -0.1) is 0 Å². The molecule has 2 heterocycles. The molecule has 0 atom stereocenters. The van der Waals surface area contributed by atoms with Crippen LogP contribution in [0.2, 0.25) is 0 Å². The largest absolute Gasteiger partial charge is 0.365 e. The summed E-state index contributed by atoms with van der Waals surface area (Å²) in [6.07, 6.45) is 2.93. The lowest BCUT2D eigenvalue weighted by Crippen LogP contribution is -2.16. The van der Waals surface area contributed by atoms with Gasteiger partial charge in [0.2, 0.25) is 0 Å². The Bertz CT molecular complexity index is 968. The second-order valence-corrected chi connectivity index (χ2v) is 5.61. The number of amides is 1. The molecule has 1 amide bonds. The van der Waals surface area contributed by atoms with Crippen LogP contribution in [0.15, 0.2) is 48.8 Å². The number of aromatic nitrogens is 3. The maximum atomic E-state index is 11.6. The van der Waals surface area contributed by atoms with Crippen molar-refractivity contribution in [3.05, 3.63) is 70.0 Å². The lowest BCUT2D eigenvalue weighted by atomic mass is 10.1. The fraction of sp³-hybridized carbons (Fsp3) is 0.118. The molecule has 0 aliphatic heterocycles. The van der Waals surface area contributed by atoms with Crippen LogP contribution in [0.25, 0.3) is 11.3 Å². The number of nitrogens with one attached hydrogen (secondary N) is 1. The quantitative estimate of drug-likeness (QED) is 0.516. The fourth-order valence-electron chi connectivity index (χ4n) is 2.57. The van der Waals surface area contributed by atoms with Crippen molar-refractivity contribution in [3.63, 3.8) is 0 Å². The predicted octanol–water partition coefficient (Wildman–Crippen LogP) is 2.10. The first-order valence-electron chi connectivity index (χ1n) is 7.71. The van der Waals surface area contributed by atoms with Gasteiger partial charge in [0, 0.05) is 37.0 Å².